The van der Waals surface area contributed by atoms with Crippen molar-refractivity contribution < 1.29 is 9.90 Å². The second-order valence-electron chi connectivity index (χ2n) is 7.91. The summed E-state index contributed by atoms with van der Waals surface area (Å²) in [5.74, 6) is -0.442. The van der Waals surface area contributed by atoms with Crippen LogP contribution in [0, 0.1) is 19.8 Å². The summed E-state index contributed by atoms with van der Waals surface area (Å²) >= 11 is 0. The molecule has 1 fully saturated rings. The van der Waals surface area contributed by atoms with Crippen LogP contribution in [-0.2, 0) is 5.60 Å². The van der Waals surface area contributed by atoms with Gasteiger partial charge in [-0.15, -0.1) is 0 Å². The third kappa shape index (κ3) is 3.60. The fourth-order valence-electron chi connectivity index (χ4n) is 3.84. The number of likely N-dealkylation sites (tertiary alicyclic amines) is 1. The van der Waals surface area contributed by atoms with Gasteiger partial charge in [-0.2, -0.15) is 0 Å². The van der Waals surface area contributed by atoms with Crippen molar-refractivity contribution in [2.24, 2.45) is 5.92 Å². The summed E-state index contributed by atoms with van der Waals surface area (Å²) in [5, 5.41) is 11.6. The van der Waals surface area contributed by atoms with Crippen LogP contribution in [0.5, 0.6) is 0 Å². The number of benzene rings is 2. The Morgan fingerprint density at radius 3 is 2.12 bits per heavy atom. The zero-order chi connectivity index (χ0) is 18.9. The molecular formula is C23H29NO2. The lowest BCUT2D eigenvalue weighted by molar-refractivity contribution is -0.0696. The minimum absolute atomic E-state index is 0.0263. The third-order valence-electron chi connectivity index (χ3n) is 5.71. The molecule has 0 aliphatic carbocycles. The molecule has 1 N–H and O–H groups in total. The van der Waals surface area contributed by atoms with Crippen molar-refractivity contribution in [2.45, 2.75) is 45.8 Å². The Labute approximate surface area is 156 Å². The first kappa shape index (κ1) is 18.8. The van der Waals surface area contributed by atoms with Gasteiger partial charge in [0.2, 0.25) is 0 Å². The molecule has 0 radical (unpaired) electrons. The summed E-state index contributed by atoms with van der Waals surface area (Å²) < 4.78 is 0. The summed E-state index contributed by atoms with van der Waals surface area (Å²) in [6.45, 7) is 9.70. The van der Waals surface area contributed by atoms with Gasteiger partial charge in [0.1, 0.15) is 5.60 Å². The molecule has 1 heterocycles. The summed E-state index contributed by atoms with van der Waals surface area (Å²) in [7, 11) is 0. The number of rotatable bonds is 4. The maximum atomic E-state index is 13.3. The molecule has 138 valence electrons. The maximum absolute atomic E-state index is 13.3. The molecule has 0 bridgehead atoms. The number of aryl methyl sites for hydroxylation is 2. The third-order valence-corrected chi connectivity index (χ3v) is 5.71. The van der Waals surface area contributed by atoms with Crippen LogP contribution in [0.4, 0.5) is 0 Å². The van der Waals surface area contributed by atoms with Crippen molar-refractivity contribution in [3.8, 4) is 0 Å². The molecule has 0 aromatic heterocycles. The molecule has 2 aromatic rings. The highest BCUT2D eigenvalue weighted by molar-refractivity contribution is 5.99. The number of Topliss-reactive ketones (excluding diaryl/α,β-unsaturated/α-hetero) is 1. The van der Waals surface area contributed by atoms with Crippen molar-refractivity contribution in [2.75, 3.05) is 13.1 Å². The second-order valence-corrected chi connectivity index (χ2v) is 7.91. The van der Waals surface area contributed by atoms with Gasteiger partial charge in [0, 0.05) is 24.7 Å². The van der Waals surface area contributed by atoms with Gasteiger partial charge in [-0.1, -0.05) is 59.7 Å². The van der Waals surface area contributed by atoms with Gasteiger partial charge in [-0.3, -0.25) is 9.69 Å². The lowest BCUT2D eigenvalue weighted by Gasteiger charge is -2.45. The highest BCUT2D eigenvalue weighted by atomic mass is 16.3. The number of carbonyl (C=O) groups excluding carboxylic acids is 1. The van der Waals surface area contributed by atoms with Gasteiger partial charge in [0.05, 0.1) is 5.92 Å². The second kappa shape index (κ2) is 7.34. The van der Waals surface area contributed by atoms with Gasteiger partial charge in [-0.05, 0) is 39.7 Å². The predicted molar refractivity (Wildman–Crippen MR) is 105 cm³/mol. The Morgan fingerprint density at radius 1 is 1.04 bits per heavy atom. The molecule has 2 aromatic carbocycles. The molecular weight excluding hydrogens is 322 g/mol. The average molecular weight is 351 g/mol. The standard InChI is InChI=1S/C23H29NO2/c1-16(2)24-14-13-23(26,20-11-7-18(4)8-12-20)21(15-24)22(25)19-9-5-17(3)6-10-19/h5-12,16,21,26H,13-15H2,1-4H3. The van der Waals surface area contributed by atoms with E-state index in [9.17, 15) is 9.90 Å². The molecule has 0 amide bonds. The lowest BCUT2D eigenvalue weighted by Crippen LogP contribution is -2.54. The van der Waals surface area contributed by atoms with Crippen molar-refractivity contribution in [3.05, 3.63) is 70.8 Å². The molecule has 3 nitrogen and oxygen atoms in total. The van der Waals surface area contributed by atoms with Gasteiger partial charge in [0.15, 0.2) is 5.78 Å². The Balaban J connectivity index is 2.00. The van der Waals surface area contributed by atoms with Gasteiger partial charge in [-0.25, -0.2) is 0 Å². The van der Waals surface area contributed by atoms with Gasteiger partial charge in [0.25, 0.3) is 0 Å². The summed E-state index contributed by atoms with van der Waals surface area (Å²) in [6, 6.07) is 16.0. The number of aliphatic hydroxyl groups is 1. The molecule has 0 spiro atoms. The maximum Gasteiger partial charge on any atom is 0.170 e. The zero-order valence-corrected chi connectivity index (χ0v) is 16.2. The van der Waals surface area contributed by atoms with E-state index in [-0.39, 0.29) is 5.78 Å². The average Bonchev–Trinajstić information content (AvgIpc) is 2.62. The van der Waals surface area contributed by atoms with E-state index >= 15 is 0 Å². The SMILES string of the molecule is Cc1ccc(C(=O)C2CN(C(C)C)CCC2(O)c2ccc(C)cc2)cc1. The van der Waals surface area contributed by atoms with E-state index in [0.717, 1.165) is 23.2 Å². The van der Waals surface area contributed by atoms with Crippen molar-refractivity contribution >= 4 is 5.78 Å². The van der Waals surface area contributed by atoms with Crippen LogP contribution >= 0.6 is 0 Å². The van der Waals surface area contributed by atoms with E-state index in [1.54, 1.807) is 0 Å². The molecule has 3 heteroatoms. The molecule has 2 unspecified atom stereocenters. The van der Waals surface area contributed by atoms with Crippen LogP contribution in [0.3, 0.4) is 0 Å². The highest BCUT2D eigenvalue weighted by Crippen LogP contribution is 2.40. The largest absolute Gasteiger partial charge is 0.384 e. The molecule has 1 aliphatic heterocycles. The first-order valence-electron chi connectivity index (χ1n) is 9.45. The van der Waals surface area contributed by atoms with Crippen LogP contribution in [0.1, 0.15) is 47.3 Å². The monoisotopic (exact) mass is 351 g/mol. The lowest BCUT2D eigenvalue weighted by atomic mass is 9.72. The Hall–Kier alpha value is -1.97. The molecule has 1 saturated heterocycles. The van der Waals surface area contributed by atoms with Crippen molar-refractivity contribution in [1.82, 2.24) is 4.90 Å². The Morgan fingerprint density at radius 2 is 1.58 bits per heavy atom. The molecule has 2 atom stereocenters. The van der Waals surface area contributed by atoms with Crippen molar-refractivity contribution in [1.29, 1.82) is 0 Å². The van der Waals surface area contributed by atoms with E-state index in [2.05, 4.69) is 18.7 Å². The van der Waals surface area contributed by atoms with Crippen LogP contribution in [0.15, 0.2) is 48.5 Å². The van der Waals surface area contributed by atoms with Crippen LogP contribution in [0.2, 0.25) is 0 Å². The normalized spacial score (nSPS) is 24.0. The number of nitrogens with zero attached hydrogens (tertiary/aromatic N) is 1. The highest BCUT2D eigenvalue weighted by Gasteiger charge is 2.47. The van der Waals surface area contributed by atoms with Crippen LogP contribution in [0.25, 0.3) is 0 Å². The summed E-state index contributed by atoms with van der Waals surface area (Å²) in [5.41, 5.74) is 2.68. The summed E-state index contributed by atoms with van der Waals surface area (Å²) in [6.07, 6.45) is 0.566. The minimum atomic E-state index is -1.12. The van der Waals surface area contributed by atoms with E-state index < -0.39 is 11.5 Å². The summed E-state index contributed by atoms with van der Waals surface area (Å²) in [4.78, 5) is 15.6. The zero-order valence-electron chi connectivity index (χ0n) is 16.2. The molecule has 3 rings (SSSR count). The van der Waals surface area contributed by atoms with E-state index in [1.807, 2.05) is 62.4 Å². The van der Waals surface area contributed by atoms with E-state index in [0.29, 0.717) is 24.6 Å². The fraction of sp³-hybridized carbons (Fsp3) is 0.435. The van der Waals surface area contributed by atoms with Crippen LogP contribution < -0.4 is 0 Å². The number of hydrogen-bond donors (Lipinski definition) is 1. The number of hydrogen-bond acceptors (Lipinski definition) is 3. The van der Waals surface area contributed by atoms with Gasteiger partial charge >= 0.3 is 0 Å². The number of ketones is 1. The smallest absolute Gasteiger partial charge is 0.170 e. The van der Waals surface area contributed by atoms with Crippen molar-refractivity contribution in [3.63, 3.8) is 0 Å². The minimum Gasteiger partial charge on any atom is -0.384 e. The number of carbonyl (C=O) groups is 1. The molecule has 26 heavy (non-hydrogen) atoms. The number of piperidine rings is 1. The Bertz CT molecular complexity index is 764. The topological polar surface area (TPSA) is 40.5 Å². The van der Waals surface area contributed by atoms with E-state index in [1.165, 1.54) is 0 Å². The molecule has 0 saturated carbocycles. The quantitative estimate of drug-likeness (QED) is 0.843. The van der Waals surface area contributed by atoms with Gasteiger partial charge < -0.3 is 5.11 Å². The Kier molecular flexibility index (Phi) is 5.31. The van der Waals surface area contributed by atoms with E-state index in [4.69, 9.17) is 0 Å². The fourth-order valence-corrected chi connectivity index (χ4v) is 3.84. The predicted octanol–water partition coefficient (Wildman–Crippen LogP) is 4.10. The first-order valence-corrected chi connectivity index (χ1v) is 9.45. The molecule has 1 aliphatic rings. The first-order chi connectivity index (χ1) is 12.3. The van der Waals surface area contributed by atoms with Crippen LogP contribution in [-0.4, -0.2) is 34.9 Å².